The molecule has 1 amide bonds. The molecule has 33 heavy (non-hydrogen) atoms. The third-order valence-electron chi connectivity index (χ3n) is 5.72. The van der Waals surface area contributed by atoms with Gasteiger partial charge in [-0.2, -0.15) is 0 Å². The van der Waals surface area contributed by atoms with Crippen molar-refractivity contribution in [3.63, 3.8) is 0 Å². The highest BCUT2D eigenvalue weighted by Crippen LogP contribution is 2.39. The van der Waals surface area contributed by atoms with Crippen LogP contribution in [-0.2, 0) is 0 Å². The summed E-state index contributed by atoms with van der Waals surface area (Å²) in [6, 6.07) is 12.1. The van der Waals surface area contributed by atoms with Crippen molar-refractivity contribution in [2.75, 3.05) is 34.3 Å². The molecule has 0 bridgehead atoms. The highest BCUT2D eigenvalue weighted by Gasteiger charge is 2.42. The van der Waals surface area contributed by atoms with E-state index < -0.39 is 6.04 Å². The summed E-state index contributed by atoms with van der Waals surface area (Å²) in [5.74, 6) is 1.09. The van der Waals surface area contributed by atoms with E-state index in [-0.39, 0.29) is 23.2 Å². The summed E-state index contributed by atoms with van der Waals surface area (Å²) in [7, 11) is 5.54. The predicted octanol–water partition coefficient (Wildman–Crippen LogP) is 4.09. The van der Waals surface area contributed by atoms with Gasteiger partial charge in [0.05, 0.1) is 30.2 Å². The maximum Gasteiger partial charge on any atom is 0.290 e. The minimum absolute atomic E-state index is 0.0120. The molecule has 2 aromatic carbocycles. The number of rotatable bonds is 8. The van der Waals surface area contributed by atoms with Gasteiger partial charge in [0, 0.05) is 12.6 Å². The highest BCUT2D eigenvalue weighted by atomic mass is 16.5. The summed E-state index contributed by atoms with van der Waals surface area (Å²) in [6.07, 6.45) is 0.783. The van der Waals surface area contributed by atoms with E-state index in [2.05, 4.69) is 4.90 Å². The third kappa shape index (κ3) is 4.46. The fraction of sp³-hybridized carbons (Fsp3) is 0.385. The number of amides is 1. The van der Waals surface area contributed by atoms with Crippen LogP contribution in [0.15, 0.2) is 51.7 Å². The SMILES string of the molecule is COc1ccc2c(=O)c3c(oc2c1)C(=O)N(CCCN(C)C)C3c1cccc(OC(C)C)c1. The smallest absolute Gasteiger partial charge is 0.290 e. The first-order valence-corrected chi connectivity index (χ1v) is 11.2. The van der Waals surface area contributed by atoms with Gasteiger partial charge in [-0.25, -0.2) is 0 Å². The summed E-state index contributed by atoms with van der Waals surface area (Å²) in [5.41, 5.74) is 1.35. The molecule has 0 saturated carbocycles. The monoisotopic (exact) mass is 450 g/mol. The fourth-order valence-corrected chi connectivity index (χ4v) is 4.29. The largest absolute Gasteiger partial charge is 0.497 e. The van der Waals surface area contributed by atoms with E-state index in [9.17, 15) is 9.59 Å². The molecule has 3 aromatic rings. The molecule has 7 heteroatoms. The van der Waals surface area contributed by atoms with Gasteiger partial charge in [-0.05, 0) is 70.7 Å². The van der Waals surface area contributed by atoms with Crippen LogP contribution in [0.5, 0.6) is 11.5 Å². The normalized spacial score (nSPS) is 15.5. The number of carbonyl (C=O) groups excluding carboxylic acids is 1. The topological polar surface area (TPSA) is 72.2 Å². The van der Waals surface area contributed by atoms with E-state index in [0.29, 0.717) is 34.6 Å². The molecule has 4 rings (SSSR count). The van der Waals surface area contributed by atoms with Crippen LogP contribution < -0.4 is 14.9 Å². The Labute approximate surface area is 193 Å². The molecular weight excluding hydrogens is 420 g/mol. The molecule has 1 aliphatic rings. The number of hydrogen-bond donors (Lipinski definition) is 0. The van der Waals surface area contributed by atoms with E-state index in [1.54, 1.807) is 30.2 Å². The van der Waals surface area contributed by atoms with Crippen LogP contribution in [0.25, 0.3) is 11.0 Å². The van der Waals surface area contributed by atoms with Gasteiger partial charge in [-0.3, -0.25) is 9.59 Å². The standard InChI is InChI=1S/C26H30N2O5/c1-16(2)32-19-9-6-8-17(14-19)23-22-24(29)20-11-10-18(31-5)15-21(20)33-25(22)26(30)28(23)13-7-12-27(3)4/h6,8-11,14-16,23H,7,12-13H2,1-5H3. The van der Waals surface area contributed by atoms with Crippen molar-refractivity contribution in [2.45, 2.75) is 32.4 Å². The van der Waals surface area contributed by atoms with E-state index >= 15 is 0 Å². The molecule has 2 heterocycles. The van der Waals surface area contributed by atoms with Crippen molar-refractivity contribution >= 4 is 16.9 Å². The van der Waals surface area contributed by atoms with Crippen LogP contribution in [0, 0.1) is 0 Å². The van der Waals surface area contributed by atoms with Gasteiger partial charge in [0.25, 0.3) is 5.91 Å². The fourth-order valence-electron chi connectivity index (χ4n) is 4.29. The molecule has 1 aromatic heterocycles. The van der Waals surface area contributed by atoms with E-state index in [1.807, 2.05) is 52.2 Å². The van der Waals surface area contributed by atoms with E-state index in [0.717, 1.165) is 18.5 Å². The molecule has 1 unspecified atom stereocenters. The third-order valence-corrected chi connectivity index (χ3v) is 5.72. The van der Waals surface area contributed by atoms with Crippen LogP contribution in [-0.4, -0.2) is 56.1 Å². The van der Waals surface area contributed by atoms with Crippen molar-refractivity contribution in [1.29, 1.82) is 0 Å². The van der Waals surface area contributed by atoms with E-state index in [1.165, 1.54) is 0 Å². The summed E-state index contributed by atoms with van der Waals surface area (Å²) < 4.78 is 17.2. The first-order chi connectivity index (χ1) is 15.8. The predicted molar refractivity (Wildman–Crippen MR) is 127 cm³/mol. The number of benzene rings is 2. The molecule has 1 atom stereocenters. The average Bonchev–Trinajstić information content (AvgIpc) is 3.05. The second-order valence-electron chi connectivity index (χ2n) is 8.83. The Kier molecular flexibility index (Phi) is 6.42. The van der Waals surface area contributed by atoms with Gasteiger partial charge in [0.1, 0.15) is 17.1 Å². The van der Waals surface area contributed by atoms with Crippen molar-refractivity contribution < 1.29 is 18.7 Å². The van der Waals surface area contributed by atoms with Gasteiger partial charge >= 0.3 is 0 Å². The van der Waals surface area contributed by atoms with Gasteiger partial charge in [0.15, 0.2) is 5.43 Å². The first-order valence-electron chi connectivity index (χ1n) is 11.2. The van der Waals surface area contributed by atoms with Crippen LogP contribution in [0.1, 0.15) is 48.0 Å². The molecule has 0 spiro atoms. The van der Waals surface area contributed by atoms with Gasteiger partial charge < -0.3 is 23.7 Å². The van der Waals surface area contributed by atoms with Crippen molar-refractivity contribution in [1.82, 2.24) is 9.80 Å². The number of hydrogen-bond acceptors (Lipinski definition) is 6. The molecule has 7 nitrogen and oxygen atoms in total. The summed E-state index contributed by atoms with van der Waals surface area (Å²) in [4.78, 5) is 30.9. The highest BCUT2D eigenvalue weighted by molar-refractivity contribution is 5.99. The lowest BCUT2D eigenvalue weighted by Gasteiger charge is -2.26. The maximum absolute atomic E-state index is 13.6. The van der Waals surface area contributed by atoms with Crippen LogP contribution in [0.3, 0.4) is 0 Å². The minimum Gasteiger partial charge on any atom is -0.497 e. The molecular formula is C26H30N2O5. The van der Waals surface area contributed by atoms with Crippen LogP contribution in [0.4, 0.5) is 0 Å². The second-order valence-corrected chi connectivity index (χ2v) is 8.83. The molecule has 0 saturated heterocycles. The summed E-state index contributed by atoms with van der Waals surface area (Å²) >= 11 is 0. The molecule has 174 valence electrons. The molecule has 1 aliphatic heterocycles. The molecule has 0 fully saturated rings. The number of nitrogens with zero attached hydrogens (tertiary/aromatic N) is 2. The zero-order chi connectivity index (χ0) is 23.7. The Morgan fingerprint density at radius 3 is 2.58 bits per heavy atom. The zero-order valence-electron chi connectivity index (χ0n) is 19.8. The van der Waals surface area contributed by atoms with E-state index in [4.69, 9.17) is 13.9 Å². The minimum atomic E-state index is -0.534. The Morgan fingerprint density at radius 2 is 1.88 bits per heavy atom. The molecule has 0 radical (unpaired) electrons. The lowest BCUT2D eigenvalue weighted by molar-refractivity contribution is 0.0722. The zero-order valence-corrected chi connectivity index (χ0v) is 19.8. The van der Waals surface area contributed by atoms with Crippen molar-refractivity contribution in [3.05, 3.63) is 69.6 Å². The summed E-state index contributed by atoms with van der Waals surface area (Å²) in [5, 5.41) is 0.428. The maximum atomic E-state index is 13.6. The molecule has 0 aliphatic carbocycles. The molecule has 0 N–H and O–H groups in total. The number of carbonyl (C=O) groups is 1. The second kappa shape index (κ2) is 9.27. The average molecular weight is 451 g/mol. The Bertz CT molecular complexity index is 1230. The van der Waals surface area contributed by atoms with Crippen molar-refractivity contribution in [3.8, 4) is 11.5 Å². The Balaban J connectivity index is 1.86. The Morgan fingerprint density at radius 1 is 1.09 bits per heavy atom. The number of fused-ring (bicyclic) bond motifs is 2. The lowest BCUT2D eigenvalue weighted by Crippen LogP contribution is -2.32. The number of methoxy groups -OCH3 is 1. The van der Waals surface area contributed by atoms with Gasteiger partial charge in [-0.15, -0.1) is 0 Å². The van der Waals surface area contributed by atoms with Crippen molar-refractivity contribution in [2.24, 2.45) is 0 Å². The number of ether oxygens (including phenoxy) is 2. The van der Waals surface area contributed by atoms with Crippen LogP contribution >= 0.6 is 0 Å². The lowest BCUT2D eigenvalue weighted by atomic mass is 9.98. The summed E-state index contributed by atoms with van der Waals surface area (Å²) in [6.45, 7) is 5.25. The van der Waals surface area contributed by atoms with Gasteiger partial charge in [-0.1, -0.05) is 12.1 Å². The van der Waals surface area contributed by atoms with Gasteiger partial charge in [0.2, 0.25) is 5.76 Å². The first kappa shape index (κ1) is 22.9. The Hall–Kier alpha value is -3.32. The quantitative estimate of drug-likeness (QED) is 0.515. The van der Waals surface area contributed by atoms with Crippen LogP contribution in [0.2, 0.25) is 0 Å².